The largest absolute Gasteiger partial charge is 0.382 e. The summed E-state index contributed by atoms with van der Waals surface area (Å²) in [7, 11) is 1.86. The van der Waals surface area contributed by atoms with E-state index in [9.17, 15) is 0 Å². The Balaban J connectivity index is 1.74. The topological polar surface area (TPSA) is 55.6 Å². The van der Waals surface area contributed by atoms with Crippen LogP contribution < -0.4 is 5.32 Å². The second-order valence-electron chi connectivity index (χ2n) is 6.32. The van der Waals surface area contributed by atoms with Gasteiger partial charge < -0.3 is 5.32 Å². The molecular formula is C16H23N5. The van der Waals surface area contributed by atoms with E-state index in [0.717, 1.165) is 28.9 Å². The fourth-order valence-corrected chi connectivity index (χ4v) is 3.14. The summed E-state index contributed by atoms with van der Waals surface area (Å²) in [6.07, 6.45) is 3.81. The molecule has 3 atom stereocenters. The third kappa shape index (κ3) is 3.06. The van der Waals surface area contributed by atoms with E-state index >= 15 is 0 Å². The molecule has 0 spiro atoms. The van der Waals surface area contributed by atoms with Gasteiger partial charge in [0.1, 0.15) is 0 Å². The smallest absolute Gasteiger partial charge is 0.181 e. The van der Waals surface area contributed by atoms with Gasteiger partial charge in [0.25, 0.3) is 0 Å². The average Bonchev–Trinajstić information content (AvgIpc) is 2.89. The molecule has 0 radical (unpaired) electrons. The molecule has 0 aliphatic heterocycles. The number of tetrazole rings is 1. The molecule has 0 amide bonds. The highest BCUT2D eigenvalue weighted by Crippen LogP contribution is 2.31. The Hall–Kier alpha value is -1.91. The molecule has 3 rings (SSSR count). The van der Waals surface area contributed by atoms with Crippen LogP contribution in [-0.2, 0) is 7.05 Å². The van der Waals surface area contributed by atoms with Crippen molar-refractivity contribution < 1.29 is 0 Å². The van der Waals surface area contributed by atoms with E-state index in [0.29, 0.717) is 6.04 Å². The molecule has 21 heavy (non-hydrogen) atoms. The third-order valence-corrected chi connectivity index (χ3v) is 4.71. The highest BCUT2D eigenvalue weighted by molar-refractivity contribution is 5.62. The number of aryl methyl sites for hydroxylation is 1. The number of benzene rings is 1. The molecule has 1 N–H and O–H groups in total. The summed E-state index contributed by atoms with van der Waals surface area (Å²) in [6.45, 7) is 4.72. The van der Waals surface area contributed by atoms with Crippen LogP contribution >= 0.6 is 0 Å². The van der Waals surface area contributed by atoms with Gasteiger partial charge in [-0.15, -0.1) is 5.10 Å². The molecule has 0 bridgehead atoms. The van der Waals surface area contributed by atoms with Gasteiger partial charge in [0, 0.05) is 24.3 Å². The number of hydrogen-bond donors (Lipinski definition) is 1. The summed E-state index contributed by atoms with van der Waals surface area (Å²) in [4.78, 5) is 0. The van der Waals surface area contributed by atoms with Gasteiger partial charge in [-0.1, -0.05) is 26.0 Å². The second-order valence-corrected chi connectivity index (χ2v) is 6.32. The molecule has 1 aromatic heterocycles. The first-order valence-electron chi connectivity index (χ1n) is 7.73. The van der Waals surface area contributed by atoms with Crippen molar-refractivity contribution in [3.63, 3.8) is 0 Å². The Bertz CT molecular complexity index is 606. The number of anilines is 1. The summed E-state index contributed by atoms with van der Waals surface area (Å²) in [5, 5.41) is 15.3. The fraction of sp³-hybridized carbons (Fsp3) is 0.562. The predicted octanol–water partition coefficient (Wildman–Crippen LogP) is 3.11. The van der Waals surface area contributed by atoms with Crippen LogP contribution in [0.15, 0.2) is 24.3 Å². The highest BCUT2D eigenvalue weighted by Gasteiger charge is 2.24. The summed E-state index contributed by atoms with van der Waals surface area (Å²) in [6, 6.07) is 8.93. The first-order chi connectivity index (χ1) is 10.1. The van der Waals surface area contributed by atoms with Crippen molar-refractivity contribution in [1.29, 1.82) is 0 Å². The average molecular weight is 285 g/mol. The van der Waals surface area contributed by atoms with Gasteiger partial charge in [-0.3, -0.25) is 0 Å². The molecule has 1 heterocycles. The molecule has 1 aromatic carbocycles. The molecule has 5 nitrogen and oxygen atoms in total. The van der Waals surface area contributed by atoms with Crippen molar-refractivity contribution in [2.45, 2.75) is 39.2 Å². The Morgan fingerprint density at radius 3 is 2.76 bits per heavy atom. The molecule has 2 aromatic rings. The van der Waals surface area contributed by atoms with Gasteiger partial charge in [-0.2, -0.15) is 0 Å². The molecule has 5 heteroatoms. The van der Waals surface area contributed by atoms with Gasteiger partial charge in [0.15, 0.2) is 5.82 Å². The Morgan fingerprint density at radius 1 is 1.19 bits per heavy atom. The quantitative estimate of drug-likeness (QED) is 0.941. The maximum atomic E-state index is 4.07. The molecule has 1 aliphatic rings. The summed E-state index contributed by atoms with van der Waals surface area (Å²) in [5.74, 6) is 2.44. The number of nitrogens with zero attached hydrogens (tertiary/aromatic N) is 4. The van der Waals surface area contributed by atoms with Crippen LogP contribution in [0.1, 0.15) is 33.1 Å². The number of nitrogens with one attached hydrogen (secondary N) is 1. The molecule has 112 valence electrons. The zero-order chi connectivity index (χ0) is 14.8. The lowest BCUT2D eigenvalue weighted by molar-refractivity contribution is 0.261. The van der Waals surface area contributed by atoms with Gasteiger partial charge in [-0.05, 0) is 53.7 Å². The van der Waals surface area contributed by atoms with E-state index in [-0.39, 0.29) is 0 Å². The highest BCUT2D eigenvalue weighted by atomic mass is 15.5. The number of rotatable bonds is 3. The van der Waals surface area contributed by atoms with E-state index in [1.807, 2.05) is 13.1 Å². The molecule has 0 saturated heterocycles. The van der Waals surface area contributed by atoms with E-state index in [1.165, 1.54) is 19.3 Å². The Labute approximate surface area is 125 Å². The molecule has 1 aliphatic carbocycles. The lowest BCUT2D eigenvalue weighted by atomic mass is 9.79. The van der Waals surface area contributed by atoms with Crippen LogP contribution in [0.2, 0.25) is 0 Å². The molecule has 3 unspecified atom stereocenters. The summed E-state index contributed by atoms with van der Waals surface area (Å²) >= 11 is 0. The molecule has 1 saturated carbocycles. The minimum absolute atomic E-state index is 0.573. The third-order valence-electron chi connectivity index (χ3n) is 4.71. The van der Waals surface area contributed by atoms with Crippen molar-refractivity contribution in [3.05, 3.63) is 24.3 Å². The minimum atomic E-state index is 0.573. The van der Waals surface area contributed by atoms with E-state index in [1.54, 1.807) is 4.68 Å². The first-order valence-corrected chi connectivity index (χ1v) is 7.73. The van der Waals surface area contributed by atoms with Crippen LogP contribution in [0.4, 0.5) is 5.69 Å². The van der Waals surface area contributed by atoms with Crippen LogP contribution in [0, 0.1) is 11.8 Å². The van der Waals surface area contributed by atoms with Crippen molar-refractivity contribution in [2.24, 2.45) is 18.9 Å². The minimum Gasteiger partial charge on any atom is -0.382 e. The maximum Gasteiger partial charge on any atom is 0.181 e. The monoisotopic (exact) mass is 285 g/mol. The molecular weight excluding hydrogens is 262 g/mol. The van der Waals surface area contributed by atoms with Crippen LogP contribution in [0.3, 0.4) is 0 Å². The lowest BCUT2D eigenvalue weighted by Crippen LogP contribution is -2.30. The van der Waals surface area contributed by atoms with Crippen LogP contribution in [0.25, 0.3) is 11.4 Å². The van der Waals surface area contributed by atoms with Crippen molar-refractivity contribution in [3.8, 4) is 11.4 Å². The van der Waals surface area contributed by atoms with Gasteiger partial charge in [0.05, 0.1) is 0 Å². The van der Waals surface area contributed by atoms with Gasteiger partial charge in [0.2, 0.25) is 0 Å². The predicted molar refractivity (Wildman–Crippen MR) is 83.8 cm³/mol. The lowest BCUT2D eigenvalue weighted by Gasteiger charge is -2.33. The van der Waals surface area contributed by atoms with Crippen molar-refractivity contribution in [1.82, 2.24) is 20.2 Å². The first kappa shape index (κ1) is 14.0. The normalized spacial score (nSPS) is 25.8. The zero-order valence-corrected chi connectivity index (χ0v) is 13.0. The van der Waals surface area contributed by atoms with E-state index < -0.39 is 0 Å². The maximum absolute atomic E-state index is 4.07. The second kappa shape index (κ2) is 5.84. The van der Waals surface area contributed by atoms with E-state index in [4.69, 9.17) is 0 Å². The Morgan fingerprint density at radius 2 is 2.05 bits per heavy atom. The zero-order valence-electron chi connectivity index (χ0n) is 13.0. The number of aromatic nitrogens is 4. The van der Waals surface area contributed by atoms with Crippen LogP contribution in [0.5, 0.6) is 0 Å². The van der Waals surface area contributed by atoms with Crippen molar-refractivity contribution in [2.75, 3.05) is 5.32 Å². The summed E-state index contributed by atoms with van der Waals surface area (Å²) in [5.41, 5.74) is 2.20. The molecule has 1 fully saturated rings. The van der Waals surface area contributed by atoms with Crippen molar-refractivity contribution >= 4 is 5.69 Å². The van der Waals surface area contributed by atoms with Crippen LogP contribution in [-0.4, -0.2) is 26.2 Å². The van der Waals surface area contributed by atoms with Gasteiger partial charge in [-0.25, -0.2) is 4.68 Å². The SMILES string of the molecule is CC1CCC(Nc2cccc(-c3nnnn3C)c2)CC1C. The van der Waals surface area contributed by atoms with E-state index in [2.05, 4.69) is 52.9 Å². The standard InChI is InChI=1S/C16H23N5/c1-11-7-8-15(9-12(11)2)17-14-6-4-5-13(10-14)16-18-19-20-21(16)3/h4-6,10-12,15,17H,7-9H2,1-3H3. The number of hydrogen-bond acceptors (Lipinski definition) is 4. The Kier molecular flexibility index (Phi) is 3.90. The fourth-order valence-electron chi connectivity index (χ4n) is 3.14. The summed E-state index contributed by atoms with van der Waals surface area (Å²) < 4.78 is 1.70. The van der Waals surface area contributed by atoms with Gasteiger partial charge >= 0.3 is 0 Å².